The van der Waals surface area contributed by atoms with Crippen molar-refractivity contribution < 1.29 is 14.3 Å². The van der Waals surface area contributed by atoms with Crippen LogP contribution < -0.4 is 15.4 Å². The van der Waals surface area contributed by atoms with Crippen molar-refractivity contribution >= 4 is 18.3 Å². The lowest BCUT2D eigenvalue weighted by Gasteiger charge is -2.28. The van der Waals surface area contributed by atoms with Gasteiger partial charge in [0.1, 0.15) is 12.4 Å². The third kappa shape index (κ3) is 6.17. The molecule has 3 rings (SSSR count). The highest BCUT2D eigenvalue weighted by Crippen LogP contribution is 2.32. The largest absolute Gasteiger partial charge is 0.491 e. The average Bonchev–Trinajstić information content (AvgIpc) is 2.93. The first kappa shape index (κ1) is 20.0. The van der Waals surface area contributed by atoms with Crippen LogP contribution in [0.4, 0.5) is 0 Å². The van der Waals surface area contributed by atoms with Crippen LogP contribution in [0.3, 0.4) is 0 Å². The predicted molar refractivity (Wildman–Crippen MR) is 100 cm³/mol. The van der Waals surface area contributed by atoms with Gasteiger partial charge in [0.05, 0.1) is 6.61 Å². The molecule has 2 saturated heterocycles. The zero-order chi connectivity index (χ0) is 16.8. The van der Waals surface area contributed by atoms with E-state index < -0.39 is 0 Å². The number of hydrogen-bond donors (Lipinski definition) is 2. The van der Waals surface area contributed by atoms with Crippen molar-refractivity contribution in [2.75, 3.05) is 20.3 Å². The Balaban J connectivity index is 0.00000225. The number of hydrogen-bond acceptors (Lipinski definition) is 4. The van der Waals surface area contributed by atoms with Gasteiger partial charge in [0.25, 0.3) is 0 Å². The summed E-state index contributed by atoms with van der Waals surface area (Å²) in [4.78, 5) is 12.2. The molecule has 1 aromatic carbocycles. The van der Waals surface area contributed by atoms with E-state index in [1.807, 2.05) is 24.3 Å². The van der Waals surface area contributed by atoms with Gasteiger partial charge in [-0.1, -0.05) is 12.1 Å². The summed E-state index contributed by atoms with van der Waals surface area (Å²) in [7, 11) is 1.66. The van der Waals surface area contributed by atoms with Gasteiger partial charge in [-0.05, 0) is 49.3 Å². The molecule has 2 aliphatic heterocycles. The minimum atomic E-state index is 0. The highest BCUT2D eigenvalue weighted by atomic mass is 35.5. The summed E-state index contributed by atoms with van der Waals surface area (Å²) >= 11 is 0. The molecule has 0 aromatic heterocycles. The van der Waals surface area contributed by atoms with Crippen LogP contribution in [0, 0.1) is 5.92 Å². The van der Waals surface area contributed by atoms with Crippen molar-refractivity contribution in [2.45, 2.75) is 50.7 Å². The molecule has 5 nitrogen and oxygen atoms in total. The molecule has 0 radical (unpaired) electrons. The maximum atomic E-state index is 12.2. The predicted octanol–water partition coefficient (Wildman–Crippen LogP) is 2.67. The van der Waals surface area contributed by atoms with Crippen molar-refractivity contribution in [1.82, 2.24) is 10.6 Å². The van der Waals surface area contributed by atoms with E-state index >= 15 is 0 Å². The molecule has 1 aromatic rings. The van der Waals surface area contributed by atoms with Crippen LogP contribution in [0.25, 0.3) is 0 Å². The van der Waals surface area contributed by atoms with Crippen molar-refractivity contribution in [3.63, 3.8) is 0 Å². The summed E-state index contributed by atoms with van der Waals surface area (Å²) in [5, 5.41) is 6.67. The normalized spacial score (nSPS) is 24.4. The summed E-state index contributed by atoms with van der Waals surface area (Å²) in [6.45, 7) is 1.70. The Morgan fingerprint density at radius 2 is 1.84 bits per heavy atom. The second kappa shape index (κ2) is 10.00. The van der Waals surface area contributed by atoms with Crippen LogP contribution in [0.1, 0.15) is 37.7 Å². The Labute approximate surface area is 156 Å². The first-order valence-corrected chi connectivity index (χ1v) is 8.96. The lowest BCUT2D eigenvalue weighted by molar-refractivity contribution is -0.122. The number of amides is 1. The summed E-state index contributed by atoms with van der Waals surface area (Å²) in [5.41, 5.74) is 1.09. The lowest BCUT2D eigenvalue weighted by atomic mass is 9.89. The molecule has 2 aliphatic rings. The SMILES string of the molecule is COCCOc1ccc(CNC(=O)CC2CC3CCC(C2)N3)cc1.Cl. The summed E-state index contributed by atoms with van der Waals surface area (Å²) in [6.07, 6.45) is 5.52. The number of fused-ring (bicyclic) bond motifs is 2. The molecule has 2 fully saturated rings. The van der Waals surface area contributed by atoms with E-state index in [4.69, 9.17) is 9.47 Å². The number of methoxy groups -OCH3 is 1. The van der Waals surface area contributed by atoms with Gasteiger partial charge >= 0.3 is 0 Å². The van der Waals surface area contributed by atoms with E-state index in [2.05, 4.69) is 10.6 Å². The van der Waals surface area contributed by atoms with Crippen molar-refractivity contribution in [3.8, 4) is 5.75 Å². The number of nitrogens with one attached hydrogen (secondary N) is 2. The van der Waals surface area contributed by atoms with Gasteiger partial charge in [0, 0.05) is 32.2 Å². The van der Waals surface area contributed by atoms with E-state index in [0.29, 0.717) is 44.2 Å². The fourth-order valence-electron chi connectivity index (χ4n) is 3.82. The van der Waals surface area contributed by atoms with Gasteiger partial charge in [0.15, 0.2) is 0 Å². The van der Waals surface area contributed by atoms with Gasteiger partial charge in [0.2, 0.25) is 5.91 Å². The topological polar surface area (TPSA) is 59.6 Å². The number of benzene rings is 1. The highest BCUT2D eigenvalue weighted by molar-refractivity contribution is 5.85. The molecular formula is C19H29ClN2O3. The zero-order valence-corrected chi connectivity index (χ0v) is 15.6. The monoisotopic (exact) mass is 368 g/mol. The van der Waals surface area contributed by atoms with Gasteiger partial charge in [-0.15, -0.1) is 12.4 Å². The second-order valence-electron chi connectivity index (χ2n) is 6.94. The fourth-order valence-corrected chi connectivity index (χ4v) is 3.82. The maximum Gasteiger partial charge on any atom is 0.220 e. The first-order chi connectivity index (χ1) is 11.7. The Bertz CT molecular complexity index is 526. The van der Waals surface area contributed by atoms with Crippen molar-refractivity contribution in [2.24, 2.45) is 5.92 Å². The molecule has 2 atom stereocenters. The Morgan fingerprint density at radius 1 is 1.16 bits per heavy atom. The van der Waals surface area contributed by atoms with Gasteiger partial charge in [-0.25, -0.2) is 0 Å². The Morgan fingerprint density at radius 3 is 2.48 bits per heavy atom. The fraction of sp³-hybridized carbons (Fsp3) is 0.632. The molecule has 2 bridgehead atoms. The average molecular weight is 369 g/mol. The van der Waals surface area contributed by atoms with Crippen LogP contribution in [0.15, 0.2) is 24.3 Å². The second-order valence-corrected chi connectivity index (χ2v) is 6.94. The molecular weight excluding hydrogens is 340 g/mol. The molecule has 140 valence electrons. The van der Waals surface area contributed by atoms with Crippen LogP contribution in [-0.4, -0.2) is 38.3 Å². The smallest absolute Gasteiger partial charge is 0.220 e. The van der Waals surface area contributed by atoms with Crippen molar-refractivity contribution in [3.05, 3.63) is 29.8 Å². The molecule has 2 unspecified atom stereocenters. The molecule has 0 aliphatic carbocycles. The molecule has 0 saturated carbocycles. The number of carbonyl (C=O) groups excluding carboxylic acids is 1. The number of rotatable bonds is 8. The summed E-state index contributed by atoms with van der Waals surface area (Å²) in [5.74, 6) is 1.54. The van der Waals surface area contributed by atoms with Gasteiger partial charge in [-0.2, -0.15) is 0 Å². The Kier molecular flexibility index (Phi) is 8.00. The van der Waals surface area contributed by atoms with Gasteiger partial charge < -0.3 is 20.1 Å². The summed E-state index contributed by atoms with van der Waals surface area (Å²) < 4.78 is 10.5. The van der Waals surface area contributed by atoms with Crippen LogP contribution in [0.2, 0.25) is 0 Å². The molecule has 0 spiro atoms. The molecule has 1 amide bonds. The molecule has 6 heteroatoms. The minimum absolute atomic E-state index is 0. The van der Waals surface area contributed by atoms with Gasteiger partial charge in [-0.3, -0.25) is 4.79 Å². The maximum absolute atomic E-state index is 12.2. The third-order valence-electron chi connectivity index (χ3n) is 5.01. The standard InChI is InChI=1S/C19H28N2O3.ClH/c1-23-8-9-24-18-6-2-14(3-7-18)13-20-19(22)12-15-10-16-4-5-17(11-15)21-16;/h2-3,6-7,15-17,21H,4-5,8-13H2,1H3,(H,20,22);1H. The number of halogens is 1. The van der Waals surface area contributed by atoms with Crippen LogP contribution in [-0.2, 0) is 16.1 Å². The Hall–Kier alpha value is -1.30. The molecule has 2 heterocycles. The summed E-state index contributed by atoms with van der Waals surface area (Å²) in [6, 6.07) is 9.14. The number of carbonyl (C=O) groups is 1. The van der Waals surface area contributed by atoms with Crippen LogP contribution in [0.5, 0.6) is 5.75 Å². The van der Waals surface area contributed by atoms with Crippen molar-refractivity contribution in [1.29, 1.82) is 0 Å². The molecule has 25 heavy (non-hydrogen) atoms. The van der Waals surface area contributed by atoms with E-state index in [1.165, 1.54) is 12.8 Å². The van der Waals surface area contributed by atoms with E-state index in [0.717, 1.165) is 24.2 Å². The zero-order valence-electron chi connectivity index (χ0n) is 14.8. The minimum Gasteiger partial charge on any atom is -0.491 e. The lowest BCUT2D eigenvalue weighted by Crippen LogP contribution is -2.39. The van der Waals surface area contributed by atoms with E-state index in [1.54, 1.807) is 7.11 Å². The van der Waals surface area contributed by atoms with Crippen LogP contribution >= 0.6 is 12.4 Å². The third-order valence-corrected chi connectivity index (χ3v) is 5.01. The van der Waals surface area contributed by atoms with E-state index in [9.17, 15) is 4.79 Å². The quantitative estimate of drug-likeness (QED) is 0.692. The highest BCUT2D eigenvalue weighted by Gasteiger charge is 2.34. The number of ether oxygens (including phenoxy) is 2. The number of piperidine rings is 1. The first-order valence-electron chi connectivity index (χ1n) is 8.96. The molecule has 2 N–H and O–H groups in total. The van der Waals surface area contributed by atoms with E-state index in [-0.39, 0.29) is 18.3 Å².